The lowest BCUT2D eigenvalue weighted by Gasteiger charge is -2.17. The Balaban J connectivity index is 1.51. The maximum Gasteiger partial charge on any atom is 0.416 e. The molecule has 1 aliphatic rings. The number of alkyl halides is 3. The molecular formula is C21H22F3N3O4S. The SMILES string of the molecule is NS(=O)(=O)c1ccc(CCNC(=O)C2CC(=O)N(Cc3cccc(C(F)(F)F)c3)C2)cc1. The molecule has 11 heteroatoms. The summed E-state index contributed by atoms with van der Waals surface area (Å²) >= 11 is 0. The predicted octanol–water partition coefficient (Wildman–Crippen LogP) is 2.06. The molecule has 1 fully saturated rings. The lowest BCUT2D eigenvalue weighted by atomic mass is 10.1. The Labute approximate surface area is 183 Å². The topological polar surface area (TPSA) is 110 Å². The minimum absolute atomic E-state index is 0.00291. The van der Waals surface area contributed by atoms with Crippen LogP contribution in [0.15, 0.2) is 53.4 Å². The summed E-state index contributed by atoms with van der Waals surface area (Å²) in [4.78, 5) is 26.0. The smallest absolute Gasteiger partial charge is 0.355 e. The standard InChI is InChI=1S/C21H22F3N3O4S/c22-21(23,24)17-3-1-2-15(10-17)12-27-13-16(11-19(27)28)20(29)26-9-8-14-4-6-18(7-5-14)32(25,30)31/h1-7,10,16H,8-9,11-13H2,(H,26,29)(H2,25,30,31). The first-order valence-corrected chi connectivity index (χ1v) is 11.3. The number of nitrogens with zero attached hydrogens (tertiary/aromatic N) is 1. The van der Waals surface area contributed by atoms with Crippen LogP contribution in [0.2, 0.25) is 0 Å². The molecule has 2 aromatic carbocycles. The number of hydrogen-bond acceptors (Lipinski definition) is 4. The Morgan fingerprint density at radius 2 is 1.81 bits per heavy atom. The number of amides is 2. The second-order valence-electron chi connectivity index (χ2n) is 7.60. The van der Waals surface area contributed by atoms with Gasteiger partial charge in [0.1, 0.15) is 0 Å². The first-order valence-electron chi connectivity index (χ1n) is 9.77. The van der Waals surface area contributed by atoms with E-state index in [1.807, 2.05) is 0 Å². The highest BCUT2D eigenvalue weighted by atomic mass is 32.2. The van der Waals surface area contributed by atoms with Crippen molar-refractivity contribution in [1.29, 1.82) is 0 Å². The van der Waals surface area contributed by atoms with Crippen LogP contribution in [0.3, 0.4) is 0 Å². The molecule has 0 bridgehead atoms. The summed E-state index contributed by atoms with van der Waals surface area (Å²) in [5.74, 6) is -1.19. The summed E-state index contributed by atoms with van der Waals surface area (Å²) < 4.78 is 61.1. The van der Waals surface area contributed by atoms with Gasteiger partial charge >= 0.3 is 6.18 Å². The summed E-state index contributed by atoms with van der Waals surface area (Å²) in [5.41, 5.74) is 0.358. The van der Waals surface area contributed by atoms with Gasteiger partial charge in [0.2, 0.25) is 21.8 Å². The Kier molecular flexibility index (Phi) is 6.89. The highest BCUT2D eigenvalue weighted by Crippen LogP contribution is 2.30. The van der Waals surface area contributed by atoms with Crippen LogP contribution in [-0.4, -0.2) is 38.2 Å². The van der Waals surface area contributed by atoms with Crippen LogP contribution in [0.25, 0.3) is 0 Å². The summed E-state index contributed by atoms with van der Waals surface area (Å²) in [6.45, 7) is 0.415. The molecule has 1 saturated heterocycles. The van der Waals surface area contributed by atoms with Gasteiger partial charge in [0, 0.05) is 26.1 Å². The Hall–Kier alpha value is -2.92. The highest BCUT2D eigenvalue weighted by molar-refractivity contribution is 7.89. The second kappa shape index (κ2) is 9.29. The van der Waals surface area contributed by atoms with Crippen molar-refractivity contribution in [3.63, 3.8) is 0 Å². The number of benzene rings is 2. The molecule has 1 aliphatic heterocycles. The van der Waals surface area contributed by atoms with Crippen LogP contribution in [0.5, 0.6) is 0 Å². The van der Waals surface area contributed by atoms with Crippen LogP contribution in [0.1, 0.15) is 23.1 Å². The van der Waals surface area contributed by atoms with Gasteiger partial charge in [-0.3, -0.25) is 9.59 Å². The van der Waals surface area contributed by atoms with Crippen LogP contribution >= 0.6 is 0 Å². The van der Waals surface area contributed by atoms with Crippen molar-refractivity contribution in [2.24, 2.45) is 11.1 Å². The number of carbonyl (C=O) groups excluding carboxylic acids is 2. The van der Waals surface area contributed by atoms with E-state index >= 15 is 0 Å². The number of nitrogens with two attached hydrogens (primary N) is 1. The molecule has 0 aliphatic carbocycles. The lowest BCUT2D eigenvalue weighted by Crippen LogP contribution is -2.34. The largest absolute Gasteiger partial charge is 0.416 e. The zero-order chi connectivity index (χ0) is 23.5. The molecule has 32 heavy (non-hydrogen) atoms. The lowest BCUT2D eigenvalue weighted by molar-refractivity contribution is -0.137. The van der Waals surface area contributed by atoms with E-state index in [-0.39, 0.29) is 42.8 Å². The third kappa shape index (κ3) is 6.07. The van der Waals surface area contributed by atoms with E-state index in [4.69, 9.17) is 5.14 Å². The Morgan fingerprint density at radius 3 is 2.44 bits per heavy atom. The zero-order valence-corrected chi connectivity index (χ0v) is 17.7. The predicted molar refractivity (Wildman–Crippen MR) is 109 cm³/mol. The molecule has 2 amide bonds. The molecule has 1 unspecified atom stereocenters. The molecule has 3 rings (SSSR count). The van der Waals surface area contributed by atoms with E-state index in [0.29, 0.717) is 12.0 Å². The van der Waals surface area contributed by atoms with Crippen LogP contribution < -0.4 is 10.5 Å². The molecule has 0 radical (unpaired) electrons. The van der Waals surface area contributed by atoms with Crippen LogP contribution in [-0.2, 0) is 38.8 Å². The molecule has 0 aromatic heterocycles. The molecule has 172 valence electrons. The van der Waals surface area contributed by atoms with Gasteiger partial charge in [-0.25, -0.2) is 13.6 Å². The molecule has 7 nitrogen and oxygen atoms in total. The number of primary sulfonamides is 1. The number of carbonyl (C=O) groups is 2. The maximum absolute atomic E-state index is 12.9. The summed E-state index contributed by atoms with van der Waals surface area (Å²) in [6.07, 6.45) is -4.02. The third-order valence-corrected chi connectivity index (χ3v) is 6.11. The van der Waals surface area contributed by atoms with Gasteiger partial charge in [-0.2, -0.15) is 13.2 Å². The van der Waals surface area contributed by atoms with Gasteiger partial charge in [0.05, 0.1) is 16.4 Å². The zero-order valence-electron chi connectivity index (χ0n) is 16.9. The molecule has 3 N–H and O–H groups in total. The van der Waals surface area contributed by atoms with Gasteiger partial charge in [0.15, 0.2) is 0 Å². The fourth-order valence-electron chi connectivity index (χ4n) is 3.49. The van der Waals surface area contributed by atoms with Crippen molar-refractivity contribution in [2.75, 3.05) is 13.1 Å². The molecule has 1 heterocycles. The van der Waals surface area contributed by atoms with Crippen molar-refractivity contribution in [2.45, 2.75) is 30.5 Å². The monoisotopic (exact) mass is 469 g/mol. The first kappa shape index (κ1) is 23.7. The average molecular weight is 469 g/mol. The van der Waals surface area contributed by atoms with E-state index < -0.39 is 27.7 Å². The minimum Gasteiger partial charge on any atom is -0.355 e. The van der Waals surface area contributed by atoms with Crippen molar-refractivity contribution in [3.8, 4) is 0 Å². The van der Waals surface area contributed by atoms with E-state index in [0.717, 1.165) is 17.7 Å². The van der Waals surface area contributed by atoms with Crippen molar-refractivity contribution in [1.82, 2.24) is 10.2 Å². The van der Waals surface area contributed by atoms with E-state index in [1.54, 1.807) is 12.1 Å². The summed E-state index contributed by atoms with van der Waals surface area (Å²) in [5, 5.41) is 7.79. The average Bonchev–Trinajstić information content (AvgIpc) is 3.08. The normalized spacial score (nSPS) is 16.9. The fraction of sp³-hybridized carbons (Fsp3) is 0.333. The van der Waals surface area contributed by atoms with Crippen LogP contribution in [0, 0.1) is 5.92 Å². The third-order valence-electron chi connectivity index (χ3n) is 5.18. The summed E-state index contributed by atoms with van der Waals surface area (Å²) in [6, 6.07) is 10.7. The molecule has 0 saturated carbocycles. The van der Waals surface area contributed by atoms with Gasteiger partial charge in [-0.1, -0.05) is 24.3 Å². The Morgan fingerprint density at radius 1 is 1.12 bits per heavy atom. The van der Waals surface area contributed by atoms with E-state index in [9.17, 15) is 31.2 Å². The van der Waals surface area contributed by atoms with Gasteiger partial charge in [-0.15, -0.1) is 0 Å². The van der Waals surface area contributed by atoms with Crippen molar-refractivity contribution in [3.05, 3.63) is 65.2 Å². The minimum atomic E-state index is -4.47. The molecule has 1 atom stereocenters. The number of rotatable bonds is 7. The van der Waals surface area contributed by atoms with Gasteiger partial charge in [0.25, 0.3) is 0 Å². The number of halogens is 3. The second-order valence-corrected chi connectivity index (χ2v) is 9.16. The highest BCUT2D eigenvalue weighted by Gasteiger charge is 2.35. The number of nitrogens with one attached hydrogen (secondary N) is 1. The number of sulfonamides is 1. The van der Waals surface area contributed by atoms with Gasteiger partial charge in [-0.05, 0) is 41.8 Å². The van der Waals surface area contributed by atoms with E-state index in [2.05, 4.69) is 5.32 Å². The van der Waals surface area contributed by atoms with Crippen molar-refractivity contribution < 1.29 is 31.2 Å². The van der Waals surface area contributed by atoms with Gasteiger partial charge < -0.3 is 10.2 Å². The molecule has 0 spiro atoms. The Bertz CT molecular complexity index is 1100. The number of likely N-dealkylation sites (tertiary alicyclic amines) is 1. The van der Waals surface area contributed by atoms with Crippen LogP contribution in [0.4, 0.5) is 13.2 Å². The van der Waals surface area contributed by atoms with E-state index in [1.165, 1.54) is 29.2 Å². The quantitative estimate of drug-likeness (QED) is 0.647. The molecular weight excluding hydrogens is 447 g/mol. The fourth-order valence-corrected chi connectivity index (χ4v) is 4.00. The van der Waals surface area contributed by atoms with Crippen molar-refractivity contribution >= 4 is 21.8 Å². The summed E-state index contributed by atoms with van der Waals surface area (Å²) in [7, 11) is -3.77. The maximum atomic E-state index is 12.9. The molecule has 2 aromatic rings. The number of hydrogen-bond donors (Lipinski definition) is 2. The first-order chi connectivity index (χ1) is 14.9.